The molecule has 0 saturated carbocycles. The van der Waals surface area contributed by atoms with Gasteiger partial charge < -0.3 is 19.3 Å². The first kappa shape index (κ1) is 30.3. The van der Waals surface area contributed by atoms with E-state index in [2.05, 4.69) is 79.3 Å². The second-order valence-electron chi connectivity index (χ2n) is 13.4. The predicted octanol–water partition coefficient (Wildman–Crippen LogP) is 10.4. The first-order valence-corrected chi connectivity index (χ1v) is 16.3. The molecule has 2 heterocycles. The molecule has 0 amide bonds. The van der Waals surface area contributed by atoms with Gasteiger partial charge in [-0.15, -0.1) is 0 Å². The molecule has 0 spiro atoms. The van der Waals surface area contributed by atoms with Crippen molar-refractivity contribution in [3.63, 3.8) is 0 Å². The molecule has 0 atom stereocenters. The van der Waals surface area contributed by atoms with Gasteiger partial charge in [-0.3, -0.25) is 9.98 Å². The molecule has 5 aromatic carbocycles. The number of aliphatic imine (C=N–C) groups is 2. The monoisotopic (exact) mass is 620 g/mol. The molecule has 2 N–H and O–H groups in total. The van der Waals surface area contributed by atoms with Crippen LogP contribution in [0.25, 0.3) is 43.6 Å². The van der Waals surface area contributed by atoms with Crippen LogP contribution in [0, 0.1) is 0 Å². The second kappa shape index (κ2) is 11.8. The molecule has 7 aromatic rings. The van der Waals surface area contributed by atoms with Crippen molar-refractivity contribution in [2.45, 2.75) is 52.5 Å². The number of unbranched alkanes of at least 4 members (excludes halogenated alkanes) is 1. The number of aromatic hydroxyl groups is 2. The van der Waals surface area contributed by atoms with Gasteiger partial charge >= 0.3 is 0 Å². The molecule has 236 valence electrons. The number of aryl methyl sites for hydroxylation is 2. The number of benzene rings is 5. The van der Waals surface area contributed by atoms with Gasteiger partial charge in [-0.05, 0) is 65.9 Å². The first-order chi connectivity index (χ1) is 22.6. The Bertz CT molecular complexity index is 2370. The Hall–Kier alpha value is -5.36. The van der Waals surface area contributed by atoms with E-state index in [1.54, 1.807) is 12.4 Å². The Kier molecular flexibility index (Phi) is 7.59. The van der Waals surface area contributed by atoms with E-state index in [1.165, 1.54) is 5.52 Å². The molecule has 0 fully saturated rings. The van der Waals surface area contributed by atoms with Gasteiger partial charge in [0.05, 0.1) is 16.9 Å². The largest absolute Gasteiger partial charge is 0.507 e. The normalized spacial score (nSPS) is 12.6. The van der Waals surface area contributed by atoms with Crippen molar-refractivity contribution in [3.05, 3.63) is 108 Å². The number of aromatic nitrogens is 2. The fourth-order valence-corrected chi connectivity index (χ4v) is 6.55. The number of phenols is 2. The van der Waals surface area contributed by atoms with Crippen LogP contribution in [0.5, 0.6) is 11.5 Å². The third-order valence-corrected chi connectivity index (χ3v) is 9.24. The van der Waals surface area contributed by atoms with Crippen LogP contribution in [-0.2, 0) is 19.0 Å². The molecule has 7 rings (SSSR count). The first-order valence-electron chi connectivity index (χ1n) is 16.3. The predicted molar refractivity (Wildman–Crippen MR) is 198 cm³/mol. The third-order valence-electron chi connectivity index (χ3n) is 9.24. The number of hydrogen-bond donors (Lipinski definition) is 2. The van der Waals surface area contributed by atoms with Crippen molar-refractivity contribution in [1.82, 2.24) is 9.13 Å². The van der Waals surface area contributed by atoms with Gasteiger partial charge in [-0.25, -0.2) is 0 Å². The molecule has 0 aliphatic carbocycles. The summed E-state index contributed by atoms with van der Waals surface area (Å²) in [7, 11) is 2.04. The van der Waals surface area contributed by atoms with Crippen molar-refractivity contribution in [3.8, 4) is 11.5 Å². The van der Waals surface area contributed by atoms with Gasteiger partial charge in [-0.2, -0.15) is 0 Å². The Morgan fingerprint density at radius 2 is 1.21 bits per heavy atom. The summed E-state index contributed by atoms with van der Waals surface area (Å²) in [5, 5.41) is 26.5. The van der Waals surface area contributed by atoms with Crippen LogP contribution < -0.4 is 0 Å². The molecule has 0 unspecified atom stereocenters. The quantitative estimate of drug-likeness (QED) is 0.174. The summed E-state index contributed by atoms with van der Waals surface area (Å²) in [6, 6.07) is 30.4. The zero-order valence-corrected chi connectivity index (χ0v) is 27.6. The SMILES string of the molecule is CCCCn1c2ccccc2c2cc(O)c(C=Nc3ccc(C(C)(C)C)cc3N=Cc3cc4c(cc3O)c3ccccc3n4C)cc21. The van der Waals surface area contributed by atoms with Crippen molar-refractivity contribution >= 4 is 67.4 Å². The van der Waals surface area contributed by atoms with E-state index in [-0.39, 0.29) is 16.9 Å². The molecule has 0 radical (unpaired) electrons. The third kappa shape index (κ3) is 5.44. The molecule has 0 bridgehead atoms. The number of hydrogen-bond acceptors (Lipinski definition) is 4. The lowest BCUT2D eigenvalue weighted by molar-refractivity contribution is 0.475. The highest BCUT2D eigenvalue weighted by atomic mass is 16.3. The van der Waals surface area contributed by atoms with E-state index in [1.807, 2.05) is 55.6 Å². The Morgan fingerprint density at radius 1 is 0.638 bits per heavy atom. The van der Waals surface area contributed by atoms with Gasteiger partial charge in [0.2, 0.25) is 0 Å². The maximum Gasteiger partial charge on any atom is 0.125 e. The lowest BCUT2D eigenvalue weighted by Gasteiger charge is -2.19. The summed E-state index contributed by atoms with van der Waals surface area (Å²) in [6.07, 6.45) is 5.61. The molecule has 6 nitrogen and oxygen atoms in total. The fourth-order valence-electron chi connectivity index (χ4n) is 6.55. The van der Waals surface area contributed by atoms with E-state index in [0.717, 1.165) is 63.0 Å². The minimum Gasteiger partial charge on any atom is -0.507 e. The second-order valence-corrected chi connectivity index (χ2v) is 13.4. The molecule has 6 heteroatoms. The fraction of sp³-hybridized carbons (Fsp3) is 0.220. The number of phenolic OH excluding ortho intramolecular Hbond substituents is 2. The van der Waals surface area contributed by atoms with Gasteiger partial charge in [0.1, 0.15) is 11.5 Å². The number of para-hydroxylation sites is 2. The standard InChI is InChI=1S/C41H40N4O2/c1-6-7-18-45-36-15-11-9-13-30(36)32-23-40(47)27(20-38(32)45)24-42-33-17-16-28(41(2,3)4)21-34(33)43-25-26-19-37-31(22-39(26)46)29-12-8-10-14-35(29)44(37)5/h8-17,19-25,46-47H,6-7,18H2,1-5H3. The van der Waals surface area contributed by atoms with Crippen LogP contribution in [0.4, 0.5) is 11.4 Å². The summed E-state index contributed by atoms with van der Waals surface area (Å²) in [6.45, 7) is 9.62. The number of nitrogens with zero attached hydrogens (tertiary/aromatic N) is 4. The molecule has 0 saturated heterocycles. The van der Waals surface area contributed by atoms with Gasteiger partial charge in [0, 0.05) is 75.2 Å². The Morgan fingerprint density at radius 3 is 1.87 bits per heavy atom. The van der Waals surface area contributed by atoms with Gasteiger partial charge in [0.15, 0.2) is 0 Å². The maximum atomic E-state index is 11.1. The van der Waals surface area contributed by atoms with Crippen LogP contribution in [0.1, 0.15) is 57.2 Å². The highest BCUT2D eigenvalue weighted by molar-refractivity contribution is 6.11. The molecule has 0 aliphatic rings. The van der Waals surface area contributed by atoms with Crippen LogP contribution in [0.3, 0.4) is 0 Å². The molecular formula is C41H40N4O2. The van der Waals surface area contributed by atoms with Crippen LogP contribution >= 0.6 is 0 Å². The van der Waals surface area contributed by atoms with Crippen molar-refractivity contribution in [2.75, 3.05) is 0 Å². The van der Waals surface area contributed by atoms with Crippen LogP contribution in [0.15, 0.2) is 101 Å². The average molecular weight is 621 g/mol. The van der Waals surface area contributed by atoms with Gasteiger partial charge in [-0.1, -0.05) is 76.6 Å². The topological polar surface area (TPSA) is 75.0 Å². The van der Waals surface area contributed by atoms with E-state index < -0.39 is 0 Å². The van der Waals surface area contributed by atoms with E-state index in [9.17, 15) is 10.2 Å². The summed E-state index contributed by atoms with van der Waals surface area (Å²) in [5.74, 6) is 0.357. The zero-order chi connectivity index (χ0) is 32.9. The maximum absolute atomic E-state index is 11.1. The van der Waals surface area contributed by atoms with E-state index in [0.29, 0.717) is 22.5 Å². The van der Waals surface area contributed by atoms with Crippen LogP contribution in [0.2, 0.25) is 0 Å². The Balaban J connectivity index is 1.30. The summed E-state index contributed by atoms with van der Waals surface area (Å²) < 4.78 is 4.49. The lowest BCUT2D eigenvalue weighted by atomic mass is 9.86. The summed E-state index contributed by atoms with van der Waals surface area (Å²) in [4.78, 5) is 9.75. The van der Waals surface area contributed by atoms with Crippen molar-refractivity contribution in [1.29, 1.82) is 0 Å². The van der Waals surface area contributed by atoms with Crippen molar-refractivity contribution < 1.29 is 10.2 Å². The highest BCUT2D eigenvalue weighted by Crippen LogP contribution is 2.37. The van der Waals surface area contributed by atoms with E-state index >= 15 is 0 Å². The van der Waals surface area contributed by atoms with Gasteiger partial charge in [0.25, 0.3) is 0 Å². The molecule has 2 aromatic heterocycles. The van der Waals surface area contributed by atoms with Crippen LogP contribution in [-0.4, -0.2) is 31.8 Å². The molecule has 0 aliphatic heterocycles. The Labute approximate surface area is 275 Å². The minimum absolute atomic E-state index is 0.0914. The minimum atomic E-state index is -0.0914. The number of fused-ring (bicyclic) bond motifs is 6. The van der Waals surface area contributed by atoms with E-state index in [4.69, 9.17) is 9.98 Å². The van der Waals surface area contributed by atoms with Crippen molar-refractivity contribution in [2.24, 2.45) is 17.0 Å². The summed E-state index contributed by atoms with van der Waals surface area (Å²) in [5.41, 5.74) is 8.05. The zero-order valence-electron chi connectivity index (χ0n) is 27.6. The molecule has 47 heavy (non-hydrogen) atoms. The molecular weight excluding hydrogens is 580 g/mol. The number of rotatable bonds is 7. The highest BCUT2D eigenvalue weighted by Gasteiger charge is 2.17. The smallest absolute Gasteiger partial charge is 0.125 e. The summed E-state index contributed by atoms with van der Waals surface area (Å²) >= 11 is 0. The average Bonchev–Trinajstić information content (AvgIpc) is 3.51. The lowest BCUT2D eigenvalue weighted by Crippen LogP contribution is -2.10.